The lowest BCUT2D eigenvalue weighted by Crippen LogP contribution is -2.56. The molecule has 3 N–H and O–H groups in total. The van der Waals surface area contributed by atoms with Crippen molar-refractivity contribution >= 4 is 17.7 Å². The van der Waals surface area contributed by atoms with Crippen molar-refractivity contribution in [1.29, 1.82) is 0 Å². The Morgan fingerprint density at radius 1 is 1.23 bits per heavy atom. The van der Waals surface area contributed by atoms with Crippen LogP contribution in [-0.4, -0.2) is 42.8 Å². The zero-order chi connectivity index (χ0) is 19.2. The van der Waals surface area contributed by atoms with Crippen LogP contribution in [0.3, 0.4) is 0 Å². The highest BCUT2D eigenvalue weighted by Gasteiger charge is 2.58. The van der Waals surface area contributed by atoms with Gasteiger partial charge in [0.05, 0.1) is 19.9 Å². The van der Waals surface area contributed by atoms with Gasteiger partial charge in [-0.3, -0.25) is 4.79 Å². The highest BCUT2D eigenvalue weighted by molar-refractivity contribution is 6.12. The van der Waals surface area contributed by atoms with Crippen LogP contribution in [-0.2, 0) is 23.8 Å². The standard InChI is InChI=1S/C17H15NO8/c1-7-4-8(19)12-9(5-7)25-17(26-15(12)21)11(20)6-10(23-2)14(18)13(17)16(22)24-3/h4-6,19H,18H2,1-3H3. The number of ketones is 1. The maximum atomic E-state index is 12.7. The van der Waals surface area contributed by atoms with Crippen LogP contribution in [0.4, 0.5) is 0 Å². The van der Waals surface area contributed by atoms with E-state index in [-0.39, 0.29) is 28.5 Å². The van der Waals surface area contributed by atoms with Gasteiger partial charge in [-0.05, 0) is 24.6 Å². The zero-order valence-corrected chi connectivity index (χ0v) is 14.1. The fraction of sp³-hybridized carbons (Fsp3) is 0.235. The average Bonchev–Trinajstić information content (AvgIpc) is 2.57. The van der Waals surface area contributed by atoms with Crippen molar-refractivity contribution in [1.82, 2.24) is 0 Å². The summed E-state index contributed by atoms with van der Waals surface area (Å²) in [5.41, 5.74) is 5.41. The van der Waals surface area contributed by atoms with Crippen molar-refractivity contribution < 1.29 is 38.4 Å². The van der Waals surface area contributed by atoms with Crippen LogP contribution in [0.25, 0.3) is 0 Å². The quantitative estimate of drug-likeness (QED) is 0.720. The maximum absolute atomic E-state index is 12.7. The summed E-state index contributed by atoms with van der Waals surface area (Å²) < 4.78 is 20.4. The summed E-state index contributed by atoms with van der Waals surface area (Å²) in [4.78, 5) is 37.5. The molecular weight excluding hydrogens is 346 g/mol. The van der Waals surface area contributed by atoms with E-state index < -0.39 is 29.1 Å². The smallest absolute Gasteiger partial charge is 0.355 e. The number of methoxy groups -OCH3 is 2. The van der Waals surface area contributed by atoms with Crippen molar-refractivity contribution in [3.05, 3.63) is 46.4 Å². The largest absolute Gasteiger partial charge is 0.507 e. The molecule has 0 bridgehead atoms. The van der Waals surface area contributed by atoms with Gasteiger partial charge in [0.15, 0.2) is 5.57 Å². The molecule has 0 saturated carbocycles. The molecule has 0 radical (unpaired) electrons. The molecule has 26 heavy (non-hydrogen) atoms. The van der Waals surface area contributed by atoms with Crippen molar-refractivity contribution in [2.24, 2.45) is 5.73 Å². The normalized spacial score (nSPS) is 21.6. The monoisotopic (exact) mass is 361 g/mol. The molecule has 1 heterocycles. The predicted octanol–water partition coefficient (Wildman–Crippen LogP) is 0.445. The van der Waals surface area contributed by atoms with Gasteiger partial charge in [-0.1, -0.05) is 0 Å². The first-order chi connectivity index (χ1) is 12.2. The first-order valence-electron chi connectivity index (χ1n) is 7.40. The lowest BCUT2D eigenvalue weighted by molar-refractivity contribution is -0.169. The Kier molecular flexibility index (Phi) is 3.87. The molecular formula is C17H15NO8. The number of hydrogen-bond donors (Lipinski definition) is 2. The summed E-state index contributed by atoms with van der Waals surface area (Å²) >= 11 is 0. The molecule has 1 aliphatic carbocycles. The highest BCUT2D eigenvalue weighted by Crippen LogP contribution is 2.43. The number of phenolic OH excluding ortho intramolecular Hbond substituents is 1. The summed E-state index contributed by atoms with van der Waals surface area (Å²) in [5, 5.41) is 9.99. The van der Waals surface area contributed by atoms with E-state index in [1.54, 1.807) is 6.92 Å². The minimum absolute atomic E-state index is 0.0986. The second kappa shape index (κ2) is 5.80. The Morgan fingerprint density at radius 3 is 2.54 bits per heavy atom. The molecule has 1 aromatic rings. The lowest BCUT2D eigenvalue weighted by Gasteiger charge is -2.38. The first kappa shape index (κ1) is 17.3. The molecule has 1 spiro atoms. The van der Waals surface area contributed by atoms with Crippen molar-refractivity contribution in [3.63, 3.8) is 0 Å². The van der Waals surface area contributed by atoms with Crippen LogP contribution >= 0.6 is 0 Å². The van der Waals surface area contributed by atoms with Crippen LogP contribution in [0.5, 0.6) is 11.5 Å². The number of nitrogens with two attached hydrogens (primary N) is 1. The van der Waals surface area contributed by atoms with Gasteiger partial charge in [-0.15, -0.1) is 0 Å². The number of esters is 2. The van der Waals surface area contributed by atoms with Gasteiger partial charge >= 0.3 is 17.7 Å². The Morgan fingerprint density at radius 2 is 1.92 bits per heavy atom. The predicted molar refractivity (Wildman–Crippen MR) is 84.9 cm³/mol. The molecule has 3 rings (SSSR count). The van der Waals surface area contributed by atoms with Gasteiger partial charge in [-0.25, -0.2) is 9.59 Å². The maximum Gasteiger partial charge on any atom is 0.355 e. The lowest BCUT2D eigenvalue weighted by atomic mass is 9.91. The van der Waals surface area contributed by atoms with E-state index in [0.29, 0.717) is 5.56 Å². The zero-order valence-electron chi connectivity index (χ0n) is 14.1. The molecule has 1 unspecified atom stereocenters. The van der Waals surface area contributed by atoms with Gasteiger partial charge in [0.2, 0.25) is 5.78 Å². The van der Waals surface area contributed by atoms with E-state index >= 15 is 0 Å². The molecule has 0 amide bonds. The third kappa shape index (κ3) is 2.28. The van der Waals surface area contributed by atoms with Gasteiger partial charge in [0, 0.05) is 6.08 Å². The Hall–Kier alpha value is -3.49. The van der Waals surface area contributed by atoms with E-state index in [9.17, 15) is 19.5 Å². The molecule has 1 aromatic carbocycles. The SMILES string of the molecule is COC(=O)C1=C(N)C(OC)=CC(=O)C12OC(=O)c1c(O)cc(C)cc1O2. The number of phenols is 1. The molecule has 1 atom stereocenters. The fourth-order valence-corrected chi connectivity index (χ4v) is 2.81. The molecule has 0 saturated heterocycles. The summed E-state index contributed by atoms with van der Waals surface area (Å²) in [6.45, 7) is 1.65. The van der Waals surface area contributed by atoms with Crippen molar-refractivity contribution in [3.8, 4) is 11.5 Å². The van der Waals surface area contributed by atoms with Gasteiger partial charge in [0.1, 0.15) is 22.8 Å². The minimum Gasteiger partial charge on any atom is -0.507 e. The van der Waals surface area contributed by atoms with Crippen LogP contribution in [0.1, 0.15) is 15.9 Å². The van der Waals surface area contributed by atoms with E-state index in [2.05, 4.69) is 4.74 Å². The number of aryl methyl sites for hydroxylation is 1. The first-order valence-corrected chi connectivity index (χ1v) is 7.40. The number of fused-ring (bicyclic) bond motifs is 1. The minimum atomic E-state index is -2.47. The Labute approximate surface area is 147 Å². The number of carbonyl (C=O) groups is 3. The van der Waals surface area contributed by atoms with Gasteiger partial charge in [0.25, 0.3) is 0 Å². The molecule has 9 nitrogen and oxygen atoms in total. The van der Waals surface area contributed by atoms with E-state index in [4.69, 9.17) is 19.9 Å². The molecule has 2 aliphatic rings. The van der Waals surface area contributed by atoms with E-state index in [1.165, 1.54) is 19.2 Å². The van der Waals surface area contributed by atoms with Crippen molar-refractivity contribution in [2.75, 3.05) is 14.2 Å². The summed E-state index contributed by atoms with van der Waals surface area (Å²) in [6.07, 6.45) is 0.954. The van der Waals surface area contributed by atoms with Crippen LogP contribution in [0, 0.1) is 6.92 Å². The van der Waals surface area contributed by atoms with Crippen LogP contribution < -0.4 is 10.5 Å². The van der Waals surface area contributed by atoms with Crippen molar-refractivity contribution in [2.45, 2.75) is 12.7 Å². The van der Waals surface area contributed by atoms with Gasteiger partial charge < -0.3 is 29.8 Å². The number of hydrogen-bond acceptors (Lipinski definition) is 9. The van der Waals surface area contributed by atoms with E-state index in [0.717, 1.165) is 13.2 Å². The second-order valence-electron chi connectivity index (χ2n) is 5.62. The molecule has 136 valence electrons. The number of carbonyl (C=O) groups excluding carboxylic acids is 3. The van der Waals surface area contributed by atoms with Gasteiger partial charge in [-0.2, -0.15) is 0 Å². The molecule has 0 aromatic heterocycles. The number of aromatic hydroxyl groups is 1. The van der Waals surface area contributed by atoms with Crippen LogP contribution in [0.2, 0.25) is 0 Å². The average molecular weight is 361 g/mol. The number of benzene rings is 1. The summed E-state index contributed by atoms with van der Waals surface area (Å²) in [6, 6.07) is 2.75. The molecule has 1 aliphatic heterocycles. The number of rotatable bonds is 2. The summed E-state index contributed by atoms with van der Waals surface area (Å²) in [5.74, 6) is -6.07. The fourth-order valence-electron chi connectivity index (χ4n) is 2.81. The third-order valence-electron chi connectivity index (χ3n) is 3.98. The van der Waals surface area contributed by atoms with Crippen LogP contribution in [0.15, 0.2) is 35.2 Å². The molecule has 9 heteroatoms. The molecule has 0 fully saturated rings. The topological polar surface area (TPSA) is 134 Å². The number of ether oxygens (including phenoxy) is 4. The summed E-state index contributed by atoms with van der Waals surface area (Å²) in [7, 11) is 2.32. The Bertz CT molecular complexity index is 914. The highest BCUT2D eigenvalue weighted by atomic mass is 16.7. The Balaban J connectivity index is 2.26. The second-order valence-corrected chi connectivity index (χ2v) is 5.62. The van der Waals surface area contributed by atoms with E-state index in [1.807, 2.05) is 0 Å². The third-order valence-corrected chi connectivity index (χ3v) is 3.98.